The number of methoxy groups -OCH3 is 1. The lowest BCUT2D eigenvalue weighted by atomic mass is 10.1. The lowest BCUT2D eigenvalue weighted by molar-refractivity contribution is 0.102. The number of carbonyl (C=O) groups excluding carboxylic acids is 1. The second-order valence-corrected chi connectivity index (χ2v) is 6.93. The van der Waals surface area contributed by atoms with Gasteiger partial charge in [-0.25, -0.2) is 4.39 Å². The van der Waals surface area contributed by atoms with Gasteiger partial charge in [0.25, 0.3) is 5.91 Å². The van der Waals surface area contributed by atoms with Crippen LogP contribution in [0.3, 0.4) is 0 Å². The van der Waals surface area contributed by atoms with Crippen LogP contribution in [0.25, 0.3) is 0 Å². The van der Waals surface area contributed by atoms with Crippen molar-refractivity contribution in [3.63, 3.8) is 0 Å². The number of amides is 1. The molecule has 1 fully saturated rings. The first-order valence-corrected chi connectivity index (χ1v) is 9.04. The second kappa shape index (κ2) is 8.14. The number of anilines is 1. The van der Waals surface area contributed by atoms with Gasteiger partial charge < -0.3 is 14.8 Å². The van der Waals surface area contributed by atoms with Crippen molar-refractivity contribution in [2.75, 3.05) is 12.4 Å². The average Bonchev–Trinajstić information content (AvgIpc) is 3.12. The van der Waals surface area contributed by atoms with Crippen molar-refractivity contribution in [1.82, 2.24) is 0 Å². The molecule has 0 aromatic heterocycles. The van der Waals surface area contributed by atoms with Crippen molar-refractivity contribution >= 4 is 34.8 Å². The topological polar surface area (TPSA) is 47.6 Å². The molecule has 0 aliphatic heterocycles. The number of ether oxygens (including phenoxy) is 2. The first kappa shape index (κ1) is 18.8. The molecular weight excluding hydrogens is 380 g/mol. The third-order valence-electron chi connectivity index (χ3n) is 4.27. The Kier molecular flexibility index (Phi) is 5.89. The van der Waals surface area contributed by atoms with Crippen LogP contribution in [0.15, 0.2) is 30.3 Å². The first-order chi connectivity index (χ1) is 12.5. The third-order valence-corrected chi connectivity index (χ3v) is 4.84. The molecule has 2 aromatic carbocycles. The Morgan fingerprint density at radius 2 is 1.88 bits per heavy atom. The summed E-state index contributed by atoms with van der Waals surface area (Å²) in [7, 11) is 1.43. The van der Waals surface area contributed by atoms with Crippen LogP contribution in [-0.2, 0) is 0 Å². The first-order valence-electron chi connectivity index (χ1n) is 8.28. The standard InChI is InChI=1S/C19H18Cl2FNO3/c1-25-17-10-15(22)13(9-18(17)26-12-4-2-3-5-12)19(24)23-16-8-11(20)6-7-14(16)21/h6-10,12H,2-5H2,1H3,(H,23,24). The number of rotatable bonds is 5. The molecule has 1 aliphatic rings. The van der Waals surface area contributed by atoms with E-state index in [2.05, 4.69) is 5.32 Å². The van der Waals surface area contributed by atoms with Gasteiger partial charge in [0.2, 0.25) is 0 Å². The molecule has 0 heterocycles. The number of hydrogen-bond acceptors (Lipinski definition) is 3. The molecule has 0 atom stereocenters. The van der Waals surface area contributed by atoms with Crippen molar-refractivity contribution in [3.8, 4) is 11.5 Å². The Balaban J connectivity index is 1.87. The zero-order valence-corrected chi connectivity index (χ0v) is 15.7. The second-order valence-electron chi connectivity index (χ2n) is 6.09. The normalized spacial score (nSPS) is 14.3. The molecule has 4 nitrogen and oxygen atoms in total. The summed E-state index contributed by atoms with van der Waals surface area (Å²) in [6, 6.07) is 7.16. The van der Waals surface area contributed by atoms with Crippen molar-refractivity contribution in [2.45, 2.75) is 31.8 Å². The molecule has 3 rings (SSSR count). The Bertz CT molecular complexity index is 823. The lowest BCUT2D eigenvalue weighted by Gasteiger charge is -2.17. The molecule has 138 valence electrons. The minimum atomic E-state index is -0.712. The molecule has 0 saturated heterocycles. The van der Waals surface area contributed by atoms with Crippen LogP contribution in [0.1, 0.15) is 36.0 Å². The maximum Gasteiger partial charge on any atom is 0.258 e. The maximum atomic E-state index is 14.4. The molecule has 0 radical (unpaired) electrons. The van der Waals surface area contributed by atoms with Crippen LogP contribution >= 0.6 is 23.2 Å². The maximum absolute atomic E-state index is 14.4. The van der Waals surface area contributed by atoms with Gasteiger partial charge in [0.1, 0.15) is 5.82 Å². The number of hydrogen-bond donors (Lipinski definition) is 1. The summed E-state index contributed by atoms with van der Waals surface area (Å²) in [5, 5.41) is 3.29. The predicted molar refractivity (Wildman–Crippen MR) is 100 cm³/mol. The molecule has 7 heteroatoms. The Morgan fingerprint density at radius 1 is 1.15 bits per heavy atom. The molecule has 26 heavy (non-hydrogen) atoms. The van der Waals surface area contributed by atoms with E-state index in [0.29, 0.717) is 21.5 Å². The van der Waals surface area contributed by atoms with E-state index in [-0.39, 0.29) is 17.4 Å². The van der Waals surface area contributed by atoms with Crippen LogP contribution in [0, 0.1) is 5.82 Å². The Hall–Kier alpha value is -1.98. The Morgan fingerprint density at radius 3 is 2.58 bits per heavy atom. The highest BCUT2D eigenvalue weighted by atomic mass is 35.5. The molecule has 1 saturated carbocycles. The van der Waals surface area contributed by atoms with Crippen LogP contribution in [0.2, 0.25) is 10.0 Å². The predicted octanol–water partition coefficient (Wildman–Crippen LogP) is 5.71. The van der Waals surface area contributed by atoms with Gasteiger partial charge in [-0.1, -0.05) is 23.2 Å². The Labute approximate surface area is 161 Å². The van der Waals surface area contributed by atoms with E-state index in [0.717, 1.165) is 31.7 Å². The molecule has 1 aliphatic carbocycles. The fraction of sp³-hybridized carbons (Fsp3) is 0.316. The summed E-state index contributed by atoms with van der Waals surface area (Å²) in [4.78, 5) is 12.5. The van der Waals surface area contributed by atoms with Gasteiger partial charge in [-0.05, 0) is 49.9 Å². The van der Waals surface area contributed by atoms with E-state index in [1.807, 2.05) is 0 Å². The summed E-state index contributed by atoms with van der Waals surface area (Å²) in [5.41, 5.74) is 0.146. The zero-order chi connectivity index (χ0) is 18.7. The SMILES string of the molecule is COc1cc(F)c(C(=O)Nc2cc(Cl)ccc2Cl)cc1OC1CCCC1. The van der Waals surface area contributed by atoms with E-state index >= 15 is 0 Å². The van der Waals surface area contributed by atoms with Gasteiger partial charge in [-0.3, -0.25) is 4.79 Å². The minimum Gasteiger partial charge on any atom is -0.493 e. The minimum absolute atomic E-state index is 0.0487. The smallest absolute Gasteiger partial charge is 0.258 e. The molecule has 0 unspecified atom stereocenters. The summed E-state index contributed by atoms with van der Waals surface area (Å²) < 4.78 is 25.5. The van der Waals surface area contributed by atoms with Gasteiger partial charge in [0, 0.05) is 11.1 Å². The molecule has 1 amide bonds. The fourth-order valence-electron chi connectivity index (χ4n) is 2.93. The highest BCUT2D eigenvalue weighted by molar-refractivity contribution is 6.35. The zero-order valence-electron chi connectivity index (χ0n) is 14.2. The fourth-order valence-corrected chi connectivity index (χ4v) is 3.27. The van der Waals surface area contributed by atoms with Crippen LogP contribution in [0.5, 0.6) is 11.5 Å². The van der Waals surface area contributed by atoms with Gasteiger partial charge in [0.15, 0.2) is 11.5 Å². The number of halogens is 3. The van der Waals surface area contributed by atoms with Gasteiger partial charge in [-0.2, -0.15) is 0 Å². The van der Waals surface area contributed by atoms with E-state index in [4.69, 9.17) is 32.7 Å². The highest BCUT2D eigenvalue weighted by Crippen LogP contribution is 2.34. The van der Waals surface area contributed by atoms with Crippen LogP contribution in [0.4, 0.5) is 10.1 Å². The van der Waals surface area contributed by atoms with Gasteiger partial charge in [0.05, 0.1) is 29.5 Å². The van der Waals surface area contributed by atoms with E-state index in [1.165, 1.54) is 19.2 Å². The number of carbonyl (C=O) groups is 1. The lowest BCUT2D eigenvalue weighted by Crippen LogP contribution is -2.16. The van der Waals surface area contributed by atoms with Crippen LogP contribution < -0.4 is 14.8 Å². The van der Waals surface area contributed by atoms with E-state index in [1.54, 1.807) is 12.1 Å². The van der Waals surface area contributed by atoms with Crippen molar-refractivity contribution in [2.24, 2.45) is 0 Å². The molecule has 0 spiro atoms. The summed E-state index contributed by atoms with van der Waals surface area (Å²) in [6.07, 6.45) is 4.09. The number of nitrogens with one attached hydrogen (secondary N) is 1. The van der Waals surface area contributed by atoms with Gasteiger partial charge >= 0.3 is 0 Å². The van der Waals surface area contributed by atoms with E-state index in [9.17, 15) is 9.18 Å². The molecule has 1 N–H and O–H groups in total. The largest absolute Gasteiger partial charge is 0.493 e. The van der Waals surface area contributed by atoms with Crippen molar-refractivity contribution in [1.29, 1.82) is 0 Å². The molecule has 2 aromatic rings. The quantitative estimate of drug-likeness (QED) is 0.701. The average molecular weight is 398 g/mol. The highest BCUT2D eigenvalue weighted by Gasteiger charge is 2.22. The van der Waals surface area contributed by atoms with Crippen molar-refractivity contribution in [3.05, 3.63) is 51.8 Å². The third kappa shape index (κ3) is 4.22. The molecule has 0 bridgehead atoms. The van der Waals surface area contributed by atoms with E-state index < -0.39 is 11.7 Å². The summed E-state index contributed by atoms with van der Waals surface area (Å²) in [6.45, 7) is 0. The monoisotopic (exact) mass is 397 g/mol. The van der Waals surface area contributed by atoms with Crippen LogP contribution in [-0.4, -0.2) is 19.1 Å². The number of benzene rings is 2. The summed E-state index contributed by atoms with van der Waals surface area (Å²) >= 11 is 12.0. The summed E-state index contributed by atoms with van der Waals surface area (Å²) in [5.74, 6) is -0.753. The van der Waals surface area contributed by atoms with Crippen molar-refractivity contribution < 1.29 is 18.7 Å². The van der Waals surface area contributed by atoms with Gasteiger partial charge in [-0.15, -0.1) is 0 Å². The molecular formula is C19H18Cl2FNO3.